The summed E-state index contributed by atoms with van der Waals surface area (Å²) in [6.45, 7) is 8.56. The van der Waals surface area contributed by atoms with Crippen LogP contribution in [0.3, 0.4) is 0 Å². The van der Waals surface area contributed by atoms with Gasteiger partial charge in [0.15, 0.2) is 10.7 Å². The molecule has 1 amide bonds. The topological polar surface area (TPSA) is 178 Å². The van der Waals surface area contributed by atoms with E-state index in [0.29, 0.717) is 25.2 Å². The molecule has 0 saturated heterocycles. The standard InChI is InChI=1S/C34H48N4O10S2/c1-22-19-38(23(2)21-39)34(40)30-18-27(36-49(41,42)33-25(4)35-48-26(33)5)11-16-31(30)47-24(3)10-8-9-17-46-32(22)20-37(6)50(43,44)29-14-12-28(45-7)13-15-29/h11-16,18,22-24,32,36,39H,8-10,17,19-21H2,1-7H3/t22-,23-,24+,32-/m0/s1. The Hall–Kier alpha value is -3.70. The Balaban J connectivity index is 1.68. The fraction of sp³-hybridized carbons (Fsp3) is 0.529. The number of hydrogen-bond acceptors (Lipinski definition) is 11. The lowest BCUT2D eigenvalue weighted by molar-refractivity contribution is -0.00834. The van der Waals surface area contributed by atoms with Gasteiger partial charge < -0.3 is 28.7 Å². The van der Waals surface area contributed by atoms with Gasteiger partial charge in [0.1, 0.15) is 17.2 Å². The molecule has 3 aromatic rings. The van der Waals surface area contributed by atoms with Crippen molar-refractivity contribution >= 4 is 31.6 Å². The molecule has 1 aliphatic heterocycles. The van der Waals surface area contributed by atoms with Crippen LogP contribution in [-0.4, -0.2) is 101 Å². The van der Waals surface area contributed by atoms with Gasteiger partial charge in [-0.2, -0.15) is 4.31 Å². The zero-order valence-electron chi connectivity index (χ0n) is 29.6. The number of likely N-dealkylation sites (N-methyl/N-ethyl adjacent to an activating group) is 1. The Labute approximate surface area is 294 Å². The summed E-state index contributed by atoms with van der Waals surface area (Å²) in [5.74, 6) is 0.0185. The molecule has 1 aliphatic rings. The van der Waals surface area contributed by atoms with Gasteiger partial charge >= 0.3 is 0 Å². The number of nitrogens with one attached hydrogen (secondary N) is 1. The first kappa shape index (κ1) is 39.1. The van der Waals surface area contributed by atoms with Crippen LogP contribution in [0, 0.1) is 19.8 Å². The lowest BCUT2D eigenvalue weighted by Crippen LogP contribution is -2.48. The van der Waals surface area contributed by atoms with Gasteiger partial charge in [-0.05, 0) is 89.4 Å². The average molecular weight is 737 g/mol. The van der Waals surface area contributed by atoms with Crippen LogP contribution in [0.1, 0.15) is 61.8 Å². The van der Waals surface area contributed by atoms with Gasteiger partial charge in [-0.1, -0.05) is 12.1 Å². The molecular weight excluding hydrogens is 689 g/mol. The highest BCUT2D eigenvalue weighted by Gasteiger charge is 2.33. The van der Waals surface area contributed by atoms with E-state index in [0.717, 1.165) is 6.42 Å². The third-order valence-corrected chi connectivity index (χ3v) is 12.2. The summed E-state index contributed by atoms with van der Waals surface area (Å²) in [7, 11) is -5.02. The number of amides is 1. The Morgan fingerprint density at radius 2 is 1.80 bits per heavy atom. The van der Waals surface area contributed by atoms with Gasteiger partial charge in [0.2, 0.25) is 10.0 Å². The third kappa shape index (κ3) is 9.15. The maximum atomic E-state index is 14.4. The first-order chi connectivity index (χ1) is 23.6. The maximum Gasteiger partial charge on any atom is 0.267 e. The molecule has 2 heterocycles. The third-order valence-electron chi connectivity index (χ3n) is 8.75. The second kappa shape index (κ2) is 16.5. The van der Waals surface area contributed by atoms with E-state index < -0.39 is 44.0 Å². The predicted octanol–water partition coefficient (Wildman–Crippen LogP) is 4.22. The van der Waals surface area contributed by atoms with Crippen LogP contribution in [0.5, 0.6) is 11.5 Å². The minimum absolute atomic E-state index is 0.00873. The number of fused-ring (bicyclic) bond motifs is 1. The fourth-order valence-corrected chi connectivity index (χ4v) is 8.36. The number of anilines is 1. The lowest BCUT2D eigenvalue weighted by Gasteiger charge is -2.35. The minimum atomic E-state index is -4.12. The van der Waals surface area contributed by atoms with E-state index >= 15 is 0 Å². The number of carbonyl (C=O) groups excluding carboxylic acids is 1. The van der Waals surface area contributed by atoms with Crippen molar-refractivity contribution in [3.63, 3.8) is 0 Å². The Morgan fingerprint density at radius 1 is 1.10 bits per heavy atom. The van der Waals surface area contributed by atoms with Crippen molar-refractivity contribution in [2.45, 2.75) is 81.9 Å². The van der Waals surface area contributed by atoms with Gasteiger partial charge in [-0.25, -0.2) is 16.8 Å². The number of aliphatic hydroxyl groups excluding tert-OH is 1. The van der Waals surface area contributed by atoms with Crippen molar-refractivity contribution in [2.75, 3.05) is 45.2 Å². The Morgan fingerprint density at radius 3 is 2.42 bits per heavy atom. The second-order valence-electron chi connectivity index (χ2n) is 12.7. The molecule has 0 radical (unpaired) electrons. The van der Waals surface area contributed by atoms with Crippen molar-refractivity contribution in [2.24, 2.45) is 5.92 Å². The molecule has 2 aromatic carbocycles. The molecule has 0 bridgehead atoms. The van der Waals surface area contributed by atoms with Crippen LogP contribution >= 0.6 is 0 Å². The number of sulfonamides is 2. The van der Waals surface area contributed by atoms with Crippen LogP contribution in [0.25, 0.3) is 0 Å². The highest BCUT2D eigenvalue weighted by atomic mass is 32.2. The summed E-state index contributed by atoms with van der Waals surface area (Å²) in [5.41, 5.74) is 0.403. The van der Waals surface area contributed by atoms with E-state index in [4.69, 9.17) is 18.7 Å². The van der Waals surface area contributed by atoms with Crippen molar-refractivity contribution < 1.29 is 45.5 Å². The van der Waals surface area contributed by atoms with E-state index in [1.165, 1.54) is 61.5 Å². The highest BCUT2D eigenvalue weighted by molar-refractivity contribution is 7.92. The molecule has 0 spiro atoms. The lowest BCUT2D eigenvalue weighted by atomic mass is 10.0. The Bertz CT molecular complexity index is 1810. The number of hydrogen-bond donors (Lipinski definition) is 2. The van der Waals surface area contributed by atoms with Crippen molar-refractivity contribution in [3.05, 3.63) is 59.5 Å². The van der Waals surface area contributed by atoms with Gasteiger partial charge in [0, 0.05) is 38.3 Å². The van der Waals surface area contributed by atoms with Crippen LogP contribution in [0.4, 0.5) is 5.69 Å². The number of methoxy groups -OCH3 is 1. The van der Waals surface area contributed by atoms with Crippen LogP contribution < -0.4 is 14.2 Å². The molecular formula is C34H48N4O10S2. The zero-order valence-corrected chi connectivity index (χ0v) is 31.2. The Kier molecular flexibility index (Phi) is 12.9. The first-order valence-electron chi connectivity index (χ1n) is 16.5. The second-order valence-corrected chi connectivity index (χ2v) is 16.4. The molecule has 2 N–H and O–H groups in total. The number of aromatic nitrogens is 1. The summed E-state index contributed by atoms with van der Waals surface area (Å²) in [6, 6.07) is 9.95. The van der Waals surface area contributed by atoms with E-state index in [1.807, 2.05) is 13.8 Å². The van der Waals surface area contributed by atoms with Gasteiger partial charge in [-0.3, -0.25) is 9.52 Å². The molecule has 0 fully saturated rings. The number of ether oxygens (including phenoxy) is 3. The normalized spacial score (nSPS) is 20.5. The highest BCUT2D eigenvalue weighted by Crippen LogP contribution is 2.31. The minimum Gasteiger partial charge on any atom is -0.497 e. The molecule has 4 rings (SSSR count). The van der Waals surface area contributed by atoms with Crippen LogP contribution in [0.2, 0.25) is 0 Å². The summed E-state index contributed by atoms with van der Waals surface area (Å²) in [6.07, 6.45) is 1.16. The summed E-state index contributed by atoms with van der Waals surface area (Å²) in [4.78, 5) is 15.9. The number of rotatable bonds is 10. The van der Waals surface area contributed by atoms with Crippen molar-refractivity contribution in [1.82, 2.24) is 14.4 Å². The number of aliphatic hydroxyl groups is 1. The average Bonchev–Trinajstić information content (AvgIpc) is 3.43. The van der Waals surface area contributed by atoms with Crippen LogP contribution in [-0.2, 0) is 24.8 Å². The molecule has 276 valence electrons. The van der Waals surface area contributed by atoms with Crippen molar-refractivity contribution in [1.29, 1.82) is 0 Å². The van der Waals surface area contributed by atoms with Gasteiger partial charge in [0.05, 0.1) is 42.4 Å². The van der Waals surface area contributed by atoms with Gasteiger partial charge in [0.25, 0.3) is 15.9 Å². The number of carbonyl (C=O) groups is 1. The predicted molar refractivity (Wildman–Crippen MR) is 186 cm³/mol. The van der Waals surface area contributed by atoms with E-state index in [2.05, 4.69) is 9.88 Å². The molecule has 0 saturated carbocycles. The monoisotopic (exact) mass is 736 g/mol. The van der Waals surface area contributed by atoms with Gasteiger partial charge in [-0.15, -0.1) is 0 Å². The molecule has 4 atom stereocenters. The molecule has 0 aliphatic carbocycles. The summed E-state index contributed by atoms with van der Waals surface area (Å²) >= 11 is 0. The van der Waals surface area contributed by atoms with E-state index in [1.54, 1.807) is 25.1 Å². The SMILES string of the molecule is COc1ccc(S(=O)(=O)N(C)C[C@@H]2OCCCC[C@@H](C)Oc3ccc(NS(=O)(=O)c4c(C)noc4C)cc3C(=O)N([C@@H](C)CO)C[C@@H]2C)cc1. The molecule has 1 aromatic heterocycles. The van der Waals surface area contributed by atoms with Crippen LogP contribution in [0.15, 0.2) is 56.8 Å². The molecule has 0 unspecified atom stereocenters. The summed E-state index contributed by atoms with van der Waals surface area (Å²) in [5, 5.41) is 14.0. The number of nitrogens with zero attached hydrogens (tertiary/aromatic N) is 3. The first-order valence-corrected chi connectivity index (χ1v) is 19.4. The molecule has 14 nitrogen and oxygen atoms in total. The smallest absolute Gasteiger partial charge is 0.267 e. The quantitative estimate of drug-likeness (QED) is 0.305. The van der Waals surface area contributed by atoms with E-state index in [-0.39, 0.29) is 64.0 Å². The van der Waals surface area contributed by atoms with Crippen molar-refractivity contribution in [3.8, 4) is 11.5 Å². The molecule has 50 heavy (non-hydrogen) atoms. The van der Waals surface area contributed by atoms with E-state index in [9.17, 15) is 26.7 Å². The summed E-state index contributed by atoms with van der Waals surface area (Å²) < 4.78 is 80.2. The maximum absolute atomic E-state index is 14.4. The molecule has 16 heteroatoms. The fourth-order valence-electron chi connectivity index (χ4n) is 5.79. The largest absolute Gasteiger partial charge is 0.497 e. The number of benzene rings is 2. The number of aryl methyl sites for hydroxylation is 2. The zero-order chi connectivity index (χ0) is 36.8.